The summed E-state index contributed by atoms with van der Waals surface area (Å²) in [6.07, 6.45) is 3.63. The Morgan fingerprint density at radius 2 is 1.08 bits per heavy atom. The number of benzene rings is 6. The number of urea groups is 1. The summed E-state index contributed by atoms with van der Waals surface area (Å²) in [6, 6.07) is 48.1. The van der Waals surface area contributed by atoms with E-state index in [1.807, 2.05) is 125 Å². The van der Waals surface area contributed by atoms with Crippen molar-refractivity contribution >= 4 is 23.6 Å². The average Bonchev–Trinajstić information content (AvgIpc) is 3.45. The standard InChI is InChI=1S/C64H65N5O8/c1-74-53-31-27-51(28-32-53)63(72)66-35-6-8-37-68-56(40-66)61(58(68)42-70)49-23-19-47(20-24-49)17-18-48-13-10-14-55(39-48)77-60(71)44-76-43-59-62(50-25-21-46(22-26-50)16-15-45-11-4-3-5-12-45)57-41-67(36-7-9-38-69(57)59)64(73)65-52-29-33-54(75-2)34-30-52/h3-5,10-14,19-34,39,56-59,61-62,70H,6-9,35-38,40-44H2,1-2H3,(H,65,73)/t56-,57-,58+,59+,61+,62+/m0/s1. The molecule has 0 unspecified atom stereocenters. The lowest BCUT2D eigenvalue weighted by Crippen LogP contribution is -2.68. The minimum absolute atomic E-state index is 0.00628. The third kappa shape index (κ3) is 12.5. The van der Waals surface area contributed by atoms with Crippen molar-refractivity contribution in [3.63, 3.8) is 0 Å². The molecule has 4 fully saturated rings. The van der Waals surface area contributed by atoms with Gasteiger partial charge in [-0.2, -0.15) is 0 Å². The van der Waals surface area contributed by atoms with Crippen molar-refractivity contribution in [2.45, 2.75) is 61.7 Å². The quantitative estimate of drug-likeness (QED) is 0.0698. The summed E-state index contributed by atoms with van der Waals surface area (Å²) < 4.78 is 22.6. The van der Waals surface area contributed by atoms with Crippen molar-refractivity contribution in [1.29, 1.82) is 0 Å². The molecule has 3 amide bonds. The zero-order valence-corrected chi connectivity index (χ0v) is 43.7. The van der Waals surface area contributed by atoms with Crippen LogP contribution in [0, 0.1) is 23.7 Å². The smallest absolute Gasteiger partial charge is 0.337 e. The molecular weight excluding hydrogens is 967 g/mol. The molecule has 4 aliphatic heterocycles. The van der Waals surface area contributed by atoms with E-state index in [4.69, 9.17) is 18.9 Å². The molecule has 394 valence electrons. The fourth-order valence-corrected chi connectivity index (χ4v) is 11.5. The lowest BCUT2D eigenvalue weighted by molar-refractivity contribution is -0.142. The van der Waals surface area contributed by atoms with E-state index >= 15 is 0 Å². The molecule has 13 nitrogen and oxygen atoms in total. The van der Waals surface area contributed by atoms with E-state index in [2.05, 4.69) is 63.1 Å². The molecule has 0 spiro atoms. The van der Waals surface area contributed by atoms with E-state index in [-0.39, 0.29) is 61.2 Å². The SMILES string of the molecule is COc1ccc(NC(=O)N2CCCCN3[C@H](COCC(=O)Oc4cccc(C#Cc5ccc([C@H]6[C@@H](CO)N7CCCCN(C(=O)c8ccc(OC)cc8)C[C@@H]67)cc5)c4)[C@H](c4ccc(C#Cc5ccccc5)cc4)[C@@H]3C2)cc1. The van der Waals surface area contributed by atoms with Crippen molar-refractivity contribution < 1.29 is 38.4 Å². The predicted octanol–water partition coefficient (Wildman–Crippen LogP) is 8.65. The number of methoxy groups -OCH3 is 2. The van der Waals surface area contributed by atoms with Gasteiger partial charge in [0.05, 0.1) is 27.4 Å². The topological polar surface area (TPSA) is 133 Å². The first-order chi connectivity index (χ1) is 37.7. The molecular formula is C64H65N5O8. The molecule has 4 heterocycles. The number of anilines is 1. The summed E-state index contributed by atoms with van der Waals surface area (Å²) in [4.78, 5) is 49.5. The van der Waals surface area contributed by atoms with Crippen LogP contribution < -0.4 is 19.5 Å². The summed E-state index contributed by atoms with van der Waals surface area (Å²) in [5.74, 6) is 14.4. The molecule has 6 atom stereocenters. The number of nitrogens with zero attached hydrogens (tertiary/aromatic N) is 4. The lowest BCUT2D eigenvalue weighted by atomic mass is 9.74. The minimum atomic E-state index is -0.512. The third-order valence-electron chi connectivity index (χ3n) is 15.4. The third-order valence-corrected chi connectivity index (χ3v) is 15.4. The number of amides is 3. The number of esters is 1. The van der Waals surface area contributed by atoms with Crippen molar-refractivity contribution in [3.05, 3.63) is 191 Å². The highest BCUT2D eigenvalue weighted by Gasteiger charge is 2.51. The van der Waals surface area contributed by atoms with Crippen molar-refractivity contribution in [2.75, 3.05) is 78.6 Å². The summed E-state index contributed by atoms with van der Waals surface area (Å²) in [5.41, 5.74) is 6.94. The van der Waals surface area contributed by atoms with Crippen LogP contribution in [0.15, 0.2) is 152 Å². The molecule has 0 aliphatic carbocycles. The van der Waals surface area contributed by atoms with Gasteiger partial charge >= 0.3 is 12.0 Å². The monoisotopic (exact) mass is 1030 g/mol. The average molecular weight is 1030 g/mol. The normalized spacial score (nSPS) is 21.2. The van der Waals surface area contributed by atoms with Crippen LogP contribution in [0.2, 0.25) is 0 Å². The van der Waals surface area contributed by atoms with E-state index in [0.717, 1.165) is 72.3 Å². The van der Waals surface area contributed by atoms with Gasteiger partial charge in [-0.1, -0.05) is 72.2 Å². The summed E-state index contributed by atoms with van der Waals surface area (Å²) in [5, 5.41) is 13.6. The lowest BCUT2D eigenvalue weighted by Gasteiger charge is -2.57. The molecule has 0 saturated carbocycles. The second kappa shape index (κ2) is 24.8. The van der Waals surface area contributed by atoms with E-state index in [1.54, 1.807) is 26.4 Å². The largest absolute Gasteiger partial charge is 0.497 e. The fourth-order valence-electron chi connectivity index (χ4n) is 11.5. The van der Waals surface area contributed by atoms with Gasteiger partial charge in [0.1, 0.15) is 23.9 Å². The number of ether oxygens (including phenoxy) is 4. The van der Waals surface area contributed by atoms with Crippen LogP contribution in [0.4, 0.5) is 10.5 Å². The first-order valence-electron chi connectivity index (χ1n) is 26.7. The highest BCUT2D eigenvalue weighted by Crippen LogP contribution is 2.44. The maximum atomic E-state index is 13.8. The maximum Gasteiger partial charge on any atom is 0.337 e. The van der Waals surface area contributed by atoms with Crippen LogP contribution in [0.5, 0.6) is 17.2 Å². The second-order valence-electron chi connectivity index (χ2n) is 20.1. The number of aliphatic hydroxyl groups excluding tert-OH is 1. The van der Waals surface area contributed by atoms with E-state index in [0.29, 0.717) is 61.1 Å². The fraction of sp³-hybridized carbons (Fsp3) is 0.328. The van der Waals surface area contributed by atoms with Gasteiger partial charge in [-0.3, -0.25) is 14.6 Å². The number of rotatable bonds is 12. The van der Waals surface area contributed by atoms with Gasteiger partial charge in [-0.15, -0.1) is 0 Å². The molecule has 2 N–H and O–H groups in total. The predicted molar refractivity (Wildman–Crippen MR) is 296 cm³/mol. The molecule has 0 bridgehead atoms. The van der Waals surface area contributed by atoms with Crippen molar-refractivity contribution in [2.24, 2.45) is 0 Å². The van der Waals surface area contributed by atoms with Gasteiger partial charge in [0.25, 0.3) is 5.91 Å². The van der Waals surface area contributed by atoms with Crippen molar-refractivity contribution in [1.82, 2.24) is 19.6 Å². The summed E-state index contributed by atoms with van der Waals surface area (Å²) >= 11 is 0. The van der Waals surface area contributed by atoms with Crippen LogP contribution in [0.3, 0.4) is 0 Å². The molecule has 10 rings (SSSR count). The number of carbonyl (C=O) groups is 3. The number of nitrogens with one attached hydrogen (secondary N) is 1. The number of fused-ring (bicyclic) bond motifs is 2. The van der Waals surface area contributed by atoms with Gasteiger partial charge in [0.15, 0.2) is 0 Å². The van der Waals surface area contributed by atoms with Crippen LogP contribution in [-0.4, -0.2) is 140 Å². The van der Waals surface area contributed by atoms with E-state index in [9.17, 15) is 19.5 Å². The Morgan fingerprint density at radius 1 is 0.558 bits per heavy atom. The maximum absolute atomic E-state index is 13.8. The van der Waals surface area contributed by atoms with Gasteiger partial charge in [-0.05, 0) is 153 Å². The van der Waals surface area contributed by atoms with Crippen LogP contribution in [-0.2, 0) is 9.53 Å². The molecule has 6 aromatic rings. The van der Waals surface area contributed by atoms with E-state index in [1.165, 1.54) is 0 Å². The molecule has 13 heteroatoms. The summed E-state index contributed by atoms with van der Waals surface area (Å²) in [6.45, 7) is 4.30. The summed E-state index contributed by atoms with van der Waals surface area (Å²) in [7, 11) is 3.23. The van der Waals surface area contributed by atoms with E-state index < -0.39 is 5.97 Å². The first-order valence-corrected chi connectivity index (χ1v) is 26.7. The Bertz CT molecular complexity index is 3110. The Hall–Kier alpha value is -7.91. The molecule has 0 aromatic heterocycles. The molecule has 77 heavy (non-hydrogen) atoms. The number of aliphatic hydroxyl groups is 1. The highest BCUT2D eigenvalue weighted by molar-refractivity contribution is 5.94. The molecule has 4 aliphatic rings. The highest BCUT2D eigenvalue weighted by atomic mass is 16.6. The van der Waals surface area contributed by atoms with Gasteiger partial charge in [0.2, 0.25) is 0 Å². The van der Waals surface area contributed by atoms with Gasteiger partial charge in [-0.25, -0.2) is 9.59 Å². The zero-order chi connectivity index (χ0) is 53.1. The molecule has 4 saturated heterocycles. The van der Waals surface area contributed by atoms with Gasteiger partial charge in [0, 0.05) is 95.7 Å². The Kier molecular flexibility index (Phi) is 16.9. The van der Waals surface area contributed by atoms with Crippen LogP contribution in [0.1, 0.15) is 81.3 Å². The Balaban J connectivity index is 0.764. The Morgan fingerprint density at radius 3 is 1.69 bits per heavy atom. The van der Waals surface area contributed by atoms with Gasteiger partial charge < -0.3 is 39.2 Å². The first kappa shape index (κ1) is 52.5. The Labute approximate surface area is 451 Å². The zero-order valence-electron chi connectivity index (χ0n) is 43.7. The van der Waals surface area contributed by atoms with Crippen LogP contribution in [0.25, 0.3) is 0 Å². The number of hydrogen-bond donors (Lipinski definition) is 2. The minimum Gasteiger partial charge on any atom is -0.497 e. The van der Waals surface area contributed by atoms with Crippen LogP contribution >= 0.6 is 0 Å². The molecule has 0 radical (unpaired) electrons. The number of carbonyl (C=O) groups excluding carboxylic acids is 3. The molecule has 6 aromatic carbocycles. The number of hydrogen-bond acceptors (Lipinski definition) is 10. The van der Waals surface area contributed by atoms with Crippen molar-refractivity contribution in [3.8, 4) is 40.9 Å². The second-order valence-corrected chi connectivity index (χ2v) is 20.1.